The predicted molar refractivity (Wildman–Crippen MR) is 112 cm³/mol. The van der Waals surface area contributed by atoms with E-state index in [0.29, 0.717) is 24.4 Å². The molecule has 29 heavy (non-hydrogen) atoms. The fourth-order valence-corrected chi connectivity index (χ4v) is 3.30. The molecule has 1 aliphatic rings. The molecule has 6 heteroatoms. The zero-order chi connectivity index (χ0) is 20.8. The zero-order valence-electron chi connectivity index (χ0n) is 17.2. The third-order valence-electron chi connectivity index (χ3n) is 4.81. The Morgan fingerprint density at radius 3 is 2.07 bits per heavy atom. The molecule has 0 aromatic heterocycles. The molecule has 154 valence electrons. The number of nitrogens with zero attached hydrogens (tertiary/aromatic N) is 2. The largest absolute Gasteiger partial charge is 0.491 e. The maximum atomic E-state index is 12.7. The molecule has 1 fully saturated rings. The smallest absolute Gasteiger partial charge is 0.338 e. The first kappa shape index (κ1) is 20.7. The van der Waals surface area contributed by atoms with Crippen LogP contribution in [0.2, 0.25) is 0 Å². The van der Waals surface area contributed by atoms with Gasteiger partial charge in [-0.05, 0) is 57.2 Å². The highest BCUT2D eigenvalue weighted by Crippen LogP contribution is 2.17. The number of ether oxygens (including phenoxy) is 2. The van der Waals surface area contributed by atoms with E-state index in [2.05, 4.69) is 17.0 Å². The predicted octanol–water partition coefficient (Wildman–Crippen LogP) is 3.37. The quantitative estimate of drug-likeness (QED) is 0.701. The summed E-state index contributed by atoms with van der Waals surface area (Å²) in [5.74, 6) is 0.0210. The van der Waals surface area contributed by atoms with E-state index in [9.17, 15) is 9.59 Å². The first-order valence-electron chi connectivity index (χ1n) is 10.0. The first-order valence-corrected chi connectivity index (χ1v) is 10.0. The van der Waals surface area contributed by atoms with Crippen molar-refractivity contribution in [1.29, 1.82) is 0 Å². The van der Waals surface area contributed by atoms with Gasteiger partial charge in [-0.15, -0.1) is 0 Å². The topological polar surface area (TPSA) is 59.1 Å². The van der Waals surface area contributed by atoms with Gasteiger partial charge in [-0.2, -0.15) is 0 Å². The molecular formula is C23H28N2O4. The number of hydrogen-bond acceptors (Lipinski definition) is 5. The molecule has 0 radical (unpaired) electrons. The normalized spacial score (nSPS) is 15.2. The van der Waals surface area contributed by atoms with Crippen LogP contribution >= 0.6 is 0 Å². The van der Waals surface area contributed by atoms with Crippen LogP contribution in [0.1, 0.15) is 31.1 Å². The van der Waals surface area contributed by atoms with Gasteiger partial charge in [0.05, 0.1) is 11.7 Å². The Balaban J connectivity index is 1.51. The molecule has 1 saturated heterocycles. The molecule has 0 spiro atoms. The van der Waals surface area contributed by atoms with E-state index in [1.807, 2.05) is 32.0 Å². The van der Waals surface area contributed by atoms with Gasteiger partial charge < -0.3 is 19.3 Å². The molecule has 1 aliphatic heterocycles. The van der Waals surface area contributed by atoms with Crippen molar-refractivity contribution >= 4 is 17.6 Å². The van der Waals surface area contributed by atoms with E-state index in [-0.39, 0.29) is 12.0 Å². The molecule has 3 rings (SSSR count). The Kier molecular flexibility index (Phi) is 6.75. The monoisotopic (exact) mass is 396 g/mol. The number of para-hydroxylation sites is 1. The summed E-state index contributed by atoms with van der Waals surface area (Å²) in [6.07, 6.45) is -0.759. The molecule has 6 nitrogen and oxygen atoms in total. The van der Waals surface area contributed by atoms with Gasteiger partial charge in [0.25, 0.3) is 5.91 Å². The van der Waals surface area contributed by atoms with E-state index in [1.54, 1.807) is 36.1 Å². The third kappa shape index (κ3) is 5.50. The number of hydrogen-bond donors (Lipinski definition) is 0. The lowest BCUT2D eigenvalue weighted by Gasteiger charge is -2.37. The molecule has 1 amide bonds. The van der Waals surface area contributed by atoms with Crippen LogP contribution in [0.15, 0.2) is 54.6 Å². The second-order valence-corrected chi connectivity index (χ2v) is 7.39. The SMILES string of the molecule is CC(C)Oc1ccc(C(=O)O[C@H](C)C(=O)N2CCN(c3ccccc3)CC2)cc1. The number of esters is 1. The first-order chi connectivity index (χ1) is 13.9. The lowest BCUT2D eigenvalue weighted by atomic mass is 10.2. The lowest BCUT2D eigenvalue weighted by molar-refractivity contribution is -0.140. The highest BCUT2D eigenvalue weighted by Gasteiger charge is 2.27. The Bertz CT molecular complexity index is 813. The van der Waals surface area contributed by atoms with Crippen LogP contribution in [0.3, 0.4) is 0 Å². The van der Waals surface area contributed by atoms with Crippen LogP contribution in [0, 0.1) is 0 Å². The van der Waals surface area contributed by atoms with Crippen molar-refractivity contribution in [2.45, 2.75) is 33.0 Å². The summed E-state index contributed by atoms with van der Waals surface area (Å²) < 4.78 is 11.0. The molecule has 0 saturated carbocycles. The fourth-order valence-electron chi connectivity index (χ4n) is 3.30. The Morgan fingerprint density at radius 1 is 0.862 bits per heavy atom. The number of benzene rings is 2. The summed E-state index contributed by atoms with van der Waals surface area (Å²) in [6, 6.07) is 16.9. The van der Waals surface area contributed by atoms with Gasteiger partial charge in [0.15, 0.2) is 6.10 Å². The van der Waals surface area contributed by atoms with E-state index in [4.69, 9.17) is 9.47 Å². The van der Waals surface area contributed by atoms with E-state index >= 15 is 0 Å². The second kappa shape index (κ2) is 9.45. The van der Waals surface area contributed by atoms with Gasteiger partial charge in [0.2, 0.25) is 0 Å². The summed E-state index contributed by atoms with van der Waals surface area (Å²) in [7, 11) is 0. The number of carbonyl (C=O) groups excluding carboxylic acids is 2. The molecule has 2 aromatic carbocycles. The molecule has 1 atom stereocenters. The average molecular weight is 396 g/mol. The minimum atomic E-state index is -0.822. The molecule has 0 N–H and O–H groups in total. The number of rotatable bonds is 6. The van der Waals surface area contributed by atoms with Gasteiger partial charge in [-0.3, -0.25) is 4.79 Å². The zero-order valence-corrected chi connectivity index (χ0v) is 17.2. The van der Waals surface area contributed by atoms with Crippen LogP contribution in [0.5, 0.6) is 5.75 Å². The van der Waals surface area contributed by atoms with Crippen LogP contribution in [0.25, 0.3) is 0 Å². The number of anilines is 1. The molecule has 0 aliphatic carbocycles. The van der Waals surface area contributed by atoms with Crippen LogP contribution in [0.4, 0.5) is 5.69 Å². The highest BCUT2D eigenvalue weighted by atomic mass is 16.5. The van der Waals surface area contributed by atoms with Crippen LogP contribution in [-0.2, 0) is 9.53 Å². The maximum absolute atomic E-state index is 12.7. The van der Waals surface area contributed by atoms with Crippen LogP contribution in [-0.4, -0.2) is 55.2 Å². The molecule has 1 heterocycles. The molecule has 2 aromatic rings. The van der Waals surface area contributed by atoms with Gasteiger partial charge in [-0.1, -0.05) is 18.2 Å². The van der Waals surface area contributed by atoms with Crippen molar-refractivity contribution in [2.24, 2.45) is 0 Å². The fraction of sp³-hybridized carbons (Fsp3) is 0.391. The Labute approximate surface area is 172 Å². The van der Waals surface area contributed by atoms with Crippen LogP contribution < -0.4 is 9.64 Å². The van der Waals surface area contributed by atoms with Gasteiger partial charge in [-0.25, -0.2) is 4.79 Å². The maximum Gasteiger partial charge on any atom is 0.338 e. The summed E-state index contributed by atoms with van der Waals surface area (Å²) >= 11 is 0. The molecular weight excluding hydrogens is 368 g/mol. The summed E-state index contributed by atoms with van der Waals surface area (Å²) in [5.41, 5.74) is 1.55. The summed E-state index contributed by atoms with van der Waals surface area (Å²) in [6.45, 7) is 8.24. The van der Waals surface area contributed by atoms with Crippen molar-refractivity contribution in [2.75, 3.05) is 31.1 Å². The van der Waals surface area contributed by atoms with Crippen molar-refractivity contribution in [3.63, 3.8) is 0 Å². The van der Waals surface area contributed by atoms with Crippen molar-refractivity contribution in [3.05, 3.63) is 60.2 Å². The summed E-state index contributed by atoms with van der Waals surface area (Å²) in [5, 5.41) is 0. The van der Waals surface area contributed by atoms with Gasteiger partial charge >= 0.3 is 5.97 Å². The molecule has 0 bridgehead atoms. The number of amides is 1. The van der Waals surface area contributed by atoms with Gasteiger partial charge in [0, 0.05) is 31.9 Å². The Hall–Kier alpha value is -3.02. The summed E-state index contributed by atoms with van der Waals surface area (Å²) in [4.78, 5) is 29.1. The average Bonchev–Trinajstić information content (AvgIpc) is 2.74. The van der Waals surface area contributed by atoms with Gasteiger partial charge in [0.1, 0.15) is 5.75 Å². The standard InChI is InChI=1S/C23H28N2O4/c1-17(2)28-21-11-9-19(10-12-21)23(27)29-18(3)22(26)25-15-13-24(14-16-25)20-7-5-4-6-8-20/h4-12,17-18H,13-16H2,1-3H3/t18-/m1/s1. The highest BCUT2D eigenvalue weighted by molar-refractivity contribution is 5.92. The minimum Gasteiger partial charge on any atom is -0.491 e. The Morgan fingerprint density at radius 2 is 1.48 bits per heavy atom. The number of carbonyl (C=O) groups is 2. The van der Waals surface area contributed by atoms with Crippen molar-refractivity contribution in [1.82, 2.24) is 4.90 Å². The number of piperazine rings is 1. The molecule has 0 unspecified atom stereocenters. The van der Waals surface area contributed by atoms with Crippen molar-refractivity contribution in [3.8, 4) is 5.75 Å². The van der Waals surface area contributed by atoms with Crippen molar-refractivity contribution < 1.29 is 19.1 Å². The third-order valence-corrected chi connectivity index (χ3v) is 4.81. The van der Waals surface area contributed by atoms with E-state index in [1.165, 1.54) is 0 Å². The minimum absolute atomic E-state index is 0.0628. The van der Waals surface area contributed by atoms with E-state index in [0.717, 1.165) is 18.8 Å². The lowest BCUT2D eigenvalue weighted by Crippen LogP contribution is -2.51. The second-order valence-electron chi connectivity index (χ2n) is 7.39. The van der Waals surface area contributed by atoms with E-state index < -0.39 is 12.1 Å².